The van der Waals surface area contributed by atoms with Crippen LogP contribution in [0.3, 0.4) is 0 Å². The Morgan fingerprint density at radius 1 is 1.30 bits per heavy atom. The van der Waals surface area contributed by atoms with Crippen molar-refractivity contribution in [2.24, 2.45) is 0 Å². The molecule has 1 aromatic carbocycles. The molecule has 2 aromatic rings. The highest BCUT2D eigenvalue weighted by molar-refractivity contribution is 5.94. The van der Waals surface area contributed by atoms with Crippen molar-refractivity contribution in [3.63, 3.8) is 0 Å². The molecular formula is C17H22N4O2. The standard InChI is InChI=1S/C17H22N4O2/c1-13-18-17(23-19-13)14-8-10-21(11-9-14)12-16(22)20(2)15-6-4-3-5-7-15/h3-7,14H,8-12H2,1-2H3. The van der Waals surface area contributed by atoms with Gasteiger partial charge in [-0.3, -0.25) is 9.69 Å². The molecule has 1 aliphatic heterocycles. The predicted octanol–water partition coefficient (Wildman–Crippen LogP) is 2.22. The van der Waals surface area contributed by atoms with E-state index >= 15 is 0 Å². The molecule has 0 aliphatic carbocycles. The fourth-order valence-corrected chi connectivity index (χ4v) is 2.91. The van der Waals surface area contributed by atoms with Crippen LogP contribution in [0.2, 0.25) is 0 Å². The number of benzene rings is 1. The number of para-hydroxylation sites is 1. The largest absolute Gasteiger partial charge is 0.339 e. The van der Waals surface area contributed by atoms with Gasteiger partial charge in [0.05, 0.1) is 6.54 Å². The Balaban J connectivity index is 1.51. The molecule has 1 aliphatic rings. The number of hydrogen-bond donors (Lipinski definition) is 0. The average Bonchev–Trinajstić information content (AvgIpc) is 3.02. The van der Waals surface area contributed by atoms with Crippen molar-refractivity contribution < 1.29 is 9.32 Å². The molecule has 0 radical (unpaired) electrons. The van der Waals surface area contributed by atoms with Gasteiger partial charge in [-0.15, -0.1) is 0 Å². The minimum atomic E-state index is 0.114. The molecular weight excluding hydrogens is 292 g/mol. The first-order chi connectivity index (χ1) is 11.1. The topological polar surface area (TPSA) is 62.5 Å². The van der Waals surface area contributed by atoms with Crippen molar-refractivity contribution in [1.82, 2.24) is 15.0 Å². The number of carbonyl (C=O) groups excluding carboxylic acids is 1. The number of likely N-dealkylation sites (tertiary alicyclic amines) is 1. The van der Waals surface area contributed by atoms with E-state index in [1.165, 1.54) is 0 Å². The number of piperidine rings is 1. The number of carbonyl (C=O) groups is 1. The van der Waals surface area contributed by atoms with Crippen LogP contribution in [-0.4, -0.2) is 47.6 Å². The van der Waals surface area contributed by atoms with Crippen molar-refractivity contribution in [1.29, 1.82) is 0 Å². The van der Waals surface area contributed by atoms with E-state index < -0.39 is 0 Å². The third-order valence-electron chi connectivity index (χ3n) is 4.36. The van der Waals surface area contributed by atoms with Crippen LogP contribution in [0, 0.1) is 6.92 Å². The molecule has 0 saturated carbocycles. The molecule has 6 heteroatoms. The number of hydrogen-bond acceptors (Lipinski definition) is 5. The molecule has 1 fully saturated rings. The molecule has 0 spiro atoms. The van der Waals surface area contributed by atoms with Gasteiger partial charge in [0.15, 0.2) is 5.82 Å². The Labute approximate surface area is 136 Å². The highest BCUT2D eigenvalue weighted by Crippen LogP contribution is 2.26. The second kappa shape index (κ2) is 6.91. The first kappa shape index (κ1) is 15.7. The van der Waals surface area contributed by atoms with Gasteiger partial charge < -0.3 is 9.42 Å². The van der Waals surface area contributed by atoms with Gasteiger partial charge >= 0.3 is 0 Å². The first-order valence-electron chi connectivity index (χ1n) is 7.97. The van der Waals surface area contributed by atoms with Gasteiger partial charge in [0.25, 0.3) is 0 Å². The van der Waals surface area contributed by atoms with E-state index in [0.29, 0.717) is 18.3 Å². The lowest BCUT2D eigenvalue weighted by Gasteiger charge is -2.31. The summed E-state index contributed by atoms with van der Waals surface area (Å²) in [6.45, 7) is 4.03. The molecule has 1 saturated heterocycles. The second-order valence-corrected chi connectivity index (χ2v) is 6.02. The van der Waals surface area contributed by atoms with Gasteiger partial charge in [-0.25, -0.2) is 0 Å². The molecule has 0 N–H and O–H groups in total. The fourth-order valence-electron chi connectivity index (χ4n) is 2.91. The van der Waals surface area contributed by atoms with Crippen LogP contribution < -0.4 is 4.90 Å². The van der Waals surface area contributed by atoms with Gasteiger partial charge in [0, 0.05) is 18.7 Å². The summed E-state index contributed by atoms with van der Waals surface area (Å²) >= 11 is 0. The molecule has 23 heavy (non-hydrogen) atoms. The van der Waals surface area contributed by atoms with Crippen LogP contribution in [0.5, 0.6) is 0 Å². The normalized spacial score (nSPS) is 16.4. The van der Waals surface area contributed by atoms with E-state index in [2.05, 4.69) is 15.0 Å². The molecule has 6 nitrogen and oxygen atoms in total. The van der Waals surface area contributed by atoms with Crippen molar-refractivity contribution >= 4 is 11.6 Å². The smallest absolute Gasteiger partial charge is 0.240 e. The lowest BCUT2D eigenvalue weighted by molar-refractivity contribution is -0.119. The summed E-state index contributed by atoms with van der Waals surface area (Å²) in [4.78, 5) is 20.6. The number of anilines is 1. The maximum atomic E-state index is 12.4. The molecule has 1 aromatic heterocycles. The lowest BCUT2D eigenvalue weighted by atomic mass is 9.97. The van der Waals surface area contributed by atoms with Gasteiger partial charge in [0.2, 0.25) is 11.8 Å². The number of rotatable bonds is 4. The van der Waals surface area contributed by atoms with Crippen LogP contribution >= 0.6 is 0 Å². The Morgan fingerprint density at radius 3 is 2.61 bits per heavy atom. The van der Waals surface area contributed by atoms with E-state index in [0.717, 1.165) is 37.5 Å². The van der Waals surface area contributed by atoms with Crippen molar-refractivity contribution in [3.8, 4) is 0 Å². The van der Waals surface area contributed by atoms with Gasteiger partial charge in [0.1, 0.15) is 0 Å². The molecule has 2 heterocycles. The van der Waals surface area contributed by atoms with Crippen molar-refractivity contribution in [2.75, 3.05) is 31.6 Å². The zero-order valence-electron chi connectivity index (χ0n) is 13.6. The van der Waals surface area contributed by atoms with Gasteiger partial charge in [-0.1, -0.05) is 23.4 Å². The van der Waals surface area contributed by atoms with E-state index in [1.807, 2.05) is 44.3 Å². The molecule has 1 amide bonds. The molecule has 0 unspecified atom stereocenters. The van der Waals surface area contributed by atoms with E-state index in [-0.39, 0.29) is 5.91 Å². The SMILES string of the molecule is Cc1noc(C2CCN(CC(=O)N(C)c3ccccc3)CC2)n1. The average molecular weight is 314 g/mol. The van der Waals surface area contributed by atoms with E-state index in [4.69, 9.17) is 4.52 Å². The number of likely N-dealkylation sites (N-methyl/N-ethyl adjacent to an activating group) is 1. The highest BCUT2D eigenvalue weighted by atomic mass is 16.5. The van der Waals surface area contributed by atoms with Crippen LogP contribution in [0.4, 0.5) is 5.69 Å². The monoisotopic (exact) mass is 314 g/mol. The summed E-state index contributed by atoms with van der Waals surface area (Å²) in [5, 5.41) is 3.86. The van der Waals surface area contributed by atoms with Crippen LogP contribution in [0.15, 0.2) is 34.9 Å². The van der Waals surface area contributed by atoms with Crippen LogP contribution in [0.25, 0.3) is 0 Å². The first-order valence-corrected chi connectivity index (χ1v) is 7.97. The Bertz CT molecular complexity index is 648. The maximum Gasteiger partial charge on any atom is 0.240 e. The van der Waals surface area contributed by atoms with Crippen molar-refractivity contribution in [2.45, 2.75) is 25.7 Å². The van der Waals surface area contributed by atoms with Crippen LogP contribution in [-0.2, 0) is 4.79 Å². The summed E-state index contributed by atoms with van der Waals surface area (Å²) in [6.07, 6.45) is 1.90. The van der Waals surface area contributed by atoms with Gasteiger partial charge in [-0.05, 0) is 45.0 Å². The van der Waals surface area contributed by atoms with Gasteiger partial charge in [-0.2, -0.15) is 4.98 Å². The number of nitrogens with zero attached hydrogens (tertiary/aromatic N) is 4. The third kappa shape index (κ3) is 3.76. The number of aryl methyl sites for hydroxylation is 1. The molecule has 0 atom stereocenters. The Hall–Kier alpha value is -2.21. The second-order valence-electron chi connectivity index (χ2n) is 6.02. The quantitative estimate of drug-likeness (QED) is 0.866. The zero-order valence-corrected chi connectivity index (χ0v) is 13.6. The Kier molecular flexibility index (Phi) is 4.71. The molecule has 3 rings (SSSR count). The predicted molar refractivity (Wildman–Crippen MR) is 87.3 cm³/mol. The number of amides is 1. The Morgan fingerprint density at radius 2 is 2.00 bits per heavy atom. The highest BCUT2D eigenvalue weighted by Gasteiger charge is 2.26. The maximum absolute atomic E-state index is 12.4. The minimum absolute atomic E-state index is 0.114. The minimum Gasteiger partial charge on any atom is -0.339 e. The van der Waals surface area contributed by atoms with Crippen LogP contribution in [0.1, 0.15) is 30.5 Å². The zero-order chi connectivity index (χ0) is 16.2. The number of aromatic nitrogens is 2. The summed E-state index contributed by atoms with van der Waals surface area (Å²) in [5.74, 6) is 1.84. The summed E-state index contributed by atoms with van der Waals surface area (Å²) in [6, 6.07) is 9.73. The summed E-state index contributed by atoms with van der Waals surface area (Å²) in [5.41, 5.74) is 0.925. The summed E-state index contributed by atoms with van der Waals surface area (Å²) in [7, 11) is 1.83. The molecule has 0 bridgehead atoms. The van der Waals surface area contributed by atoms with Crippen molar-refractivity contribution in [3.05, 3.63) is 42.0 Å². The molecule has 122 valence electrons. The van der Waals surface area contributed by atoms with E-state index in [1.54, 1.807) is 4.90 Å². The third-order valence-corrected chi connectivity index (χ3v) is 4.36. The fraction of sp³-hybridized carbons (Fsp3) is 0.471. The summed E-state index contributed by atoms with van der Waals surface area (Å²) < 4.78 is 5.26. The lowest BCUT2D eigenvalue weighted by Crippen LogP contribution is -2.42. The van der Waals surface area contributed by atoms with E-state index in [9.17, 15) is 4.79 Å².